The van der Waals surface area contributed by atoms with Gasteiger partial charge in [-0.1, -0.05) is 0 Å². The Morgan fingerprint density at radius 3 is 2.68 bits per heavy atom. The maximum atomic E-state index is 12.1. The third kappa shape index (κ3) is 3.04. The Kier molecular flexibility index (Phi) is 3.17. The fraction of sp³-hybridized carbons (Fsp3) is 0.167. The first kappa shape index (κ1) is 13.0. The van der Waals surface area contributed by atoms with E-state index in [1.807, 2.05) is 6.07 Å². The number of aromatic nitrogens is 1. The van der Waals surface area contributed by atoms with Crippen LogP contribution < -0.4 is 10.2 Å². The molecule has 0 aliphatic heterocycles. The third-order valence-electron chi connectivity index (χ3n) is 2.36. The highest BCUT2D eigenvalue weighted by Gasteiger charge is 2.31. The van der Waals surface area contributed by atoms with Crippen molar-refractivity contribution in [2.24, 2.45) is 0 Å². The van der Waals surface area contributed by atoms with Gasteiger partial charge >= 0.3 is 6.36 Å². The summed E-state index contributed by atoms with van der Waals surface area (Å²) >= 11 is 0. The number of rotatable bonds is 2. The van der Waals surface area contributed by atoms with E-state index in [1.54, 1.807) is 0 Å². The summed E-state index contributed by atoms with van der Waals surface area (Å²) in [5, 5.41) is 8.61. The quantitative estimate of drug-likeness (QED) is 0.909. The molecule has 0 unspecified atom stereocenters. The van der Waals surface area contributed by atoms with Gasteiger partial charge in [0.25, 0.3) is 0 Å². The van der Waals surface area contributed by atoms with E-state index in [9.17, 15) is 18.0 Å². The fourth-order valence-corrected chi connectivity index (χ4v) is 1.66. The summed E-state index contributed by atoms with van der Waals surface area (Å²) in [6.45, 7) is 0. The van der Waals surface area contributed by atoms with Crippen LogP contribution in [0.5, 0.6) is 5.75 Å². The largest absolute Gasteiger partial charge is 0.573 e. The van der Waals surface area contributed by atoms with Crippen LogP contribution in [0.4, 0.5) is 13.2 Å². The van der Waals surface area contributed by atoms with Crippen molar-refractivity contribution in [1.29, 1.82) is 5.26 Å². The Morgan fingerprint density at radius 1 is 1.32 bits per heavy atom. The zero-order valence-corrected chi connectivity index (χ0v) is 9.41. The Hall–Kier alpha value is -2.49. The van der Waals surface area contributed by atoms with Crippen LogP contribution in [-0.4, -0.2) is 11.3 Å². The number of nitrogens with zero attached hydrogens (tertiary/aromatic N) is 1. The lowest BCUT2D eigenvalue weighted by Crippen LogP contribution is -2.17. The molecular weight excluding hydrogens is 261 g/mol. The molecule has 1 aromatic carbocycles. The second-order valence-electron chi connectivity index (χ2n) is 3.75. The van der Waals surface area contributed by atoms with Crippen molar-refractivity contribution in [3.8, 4) is 11.8 Å². The van der Waals surface area contributed by atoms with Gasteiger partial charge in [-0.2, -0.15) is 5.26 Å². The lowest BCUT2D eigenvalue weighted by molar-refractivity contribution is -0.274. The number of H-pyrrole nitrogens is 1. The van der Waals surface area contributed by atoms with E-state index in [0.717, 1.165) is 12.1 Å². The molecule has 1 aromatic heterocycles. The highest BCUT2D eigenvalue weighted by atomic mass is 19.4. The molecule has 0 saturated heterocycles. The van der Waals surface area contributed by atoms with E-state index in [2.05, 4.69) is 9.72 Å². The van der Waals surface area contributed by atoms with E-state index in [1.165, 1.54) is 12.1 Å². The van der Waals surface area contributed by atoms with Gasteiger partial charge in [-0.3, -0.25) is 4.79 Å². The van der Waals surface area contributed by atoms with Crippen molar-refractivity contribution in [2.75, 3.05) is 0 Å². The first-order chi connectivity index (χ1) is 8.89. The van der Waals surface area contributed by atoms with Gasteiger partial charge in [-0.25, -0.2) is 0 Å². The lowest BCUT2D eigenvalue weighted by atomic mass is 10.1. The Balaban J connectivity index is 2.50. The minimum atomic E-state index is -4.80. The van der Waals surface area contributed by atoms with Gasteiger partial charge in [0.05, 0.1) is 12.5 Å². The van der Waals surface area contributed by atoms with Crippen LogP contribution in [0.1, 0.15) is 5.69 Å². The molecule has 7 heteroatoms. The van der Waals surface area contributed by atoms with Crippen LogP contribution in [0.3, 0.4) is 0 Å². The maximum Gasteiger partial charge on any atom is 0.573 e. The molecule has 0 radical (unpaired) electrons. The number of nitriles is 1. The van der Waals surface area contributed by atoms with Crippen molar-refractivity contribution in [3.05, 3.63) is 40.2 Å². The third-order valence-corrected chi connectivity index (χ3v) is 2.36. The number of fused-ring (bicyclic) bond motifs is 1. The number of hydrogen-bond acceptors (Lipinski definition) is 3. The summed E-state index contributed by atoms with van der Waals surface area (Å²) in [7, 11) is 0. The van der Waals surface area contributed by atoms with Gasteiger partial charge < -0.3 is 9.72 Å². The molecule has 0 aliphatic rings. The second kappa shape index (κ2) is 4.65. The number of benzene rings is 1. The molecule has 0 bridgehead atoms. The van der Waals surface area contributed by atoms with E-state index in [0.29, 0.717) is 11.2 Å². The van der Waals surface area contributed by atoms with E-state index >= 15 is 0 Å². The predicted octanol–water partition coefficient (Wildman–Crippen LogP) is 2.49. The van der Waals surface area contributed by atoms with Gasteiger partial charge in [0.1, 0.15) is 5.75 Å². The van der Waals surface area contributed by atoms with E-state index < -0.39 is 17.5 Å². The second-order valence-corrected chi connectivity index (χ2v) is 3.75. The molecule has 0 fully saturated rings. The Bertz CT molecular complexity index is 713. The van der Waals surface area contributed by atoms with Gasteiger partial charge in [-0.15, -0.1) is 13.2 Å². The number of halogens is 3. The Morgan fingerprint density at radius 2 is 2.05 bits per heavy atom. The van der Waals surface area contributed by atoms with Crippen molar-refractivity contribution in [3.63, 3.8) is 0 Å². The van der Waals surface area contributed by atoms with Crippen LogP contribution >= 0.6 is 0 Å². The minimum Gasteiger partial charge on any atom is -0.406 e. The van der Waals surface area contributed by atoms with Gasteiger partial charge in [0, 0.05) is 22.7 Å². The van der Waals surface area contributed by atoms with Crippen LogP contribution in [0.15, 0.2) is 29.1 Å². The summed E-state index contributed by atoms with van der Waals surface area (Å²) in [6.07, 6.45) is -4.78. The molecular formula is C12H7F3N2O2. The highest BCUT2D eigenvalue weighted by molar-refractivity contribution is 5.80. The predicted molar refractivity (Wildman–Crippen MR) is 60.6 cm³/mol. The molecule has 1 N–H and O–H groups in total. The van der Waals surface area contributed by atoms with Crippen molar-refractivity contribution < 1.29 is 17.9 Å². The summed E-state index contributed by atoms with van der Waals surface area (Å²) < 4.78 is 39.9. The number of ether oxygens (including phenoxy) is 1. The SMILES string of the molecule is N#CCc1cc(=O)c2cc(OC(F)(F)F)ccc2[nH]1. The van der Waals surface area contributed by atoms with E-state index in [4.69, 9.17) is 5.26 Å². The highest BCUT2D eigenvalue weighted by Crippen LogP contribution is 2.24. The van der Waals surface area contributed by atoms with Gasteiger partial charge in [0.15, 0.2) is 5.43 Å². The lowest BCUT2D eigenvalue weighted by Gasteiger charge is -2.09. The number of hydrogen-bond donors (Lipinski definition) is 1. The molecule has 4 nitrogen and oxygen atoms in total. The summed E-state index contributed by atoms with van der Waals surface area (Å²) in [6, 6.07) is 6.47. The monoisotopic (exact) mass is 268 g/mol. The first-order valence-corrected chi connectivity index (χ1v) is 5.18. The van der Waals surface area contributed by atoms with Gasteiger partial charge in [-0.05, 0) is 18.2 Å². The standard InChI is InChI=1S/C12H7F3N2O2/c13-12(14,15)19-8-1-2-10-9(6-8)11(18)5-7(17-10)3-4-16/h1-2,5-6H,3H2,(H,17,18). The van der Waals surface area contributed by atoms with Gasteiger partial charge in [0.2, 0.25) is 0 Å². The Labute approximate surface area is 105 Å². The maximum absolute atomic E-state index is 12.1. The van der Waals surface area contributed by atoms with Crippen LogP contribution in [-0.2, 0) is 6.42 Å². The topological polar surface area (TPSA) is 65.9 Å². The molecule has 19 heavy (non-hydrogen) atoms. The number of nitrogens with one attached hydrogen (secondary N) is 1. The fourth-order valence-electron chi connectivity index (χ4n) is 1.66. The van der Waals surface area contributed by atoms with Crippen molar-refractivity contribution in [2.45, 2.75) is 12.8 Å². The summed E-state index contributed by atoms with van der Waals surface area (Å²) in [5.41, 5.74) is 0.295. The van der Waals surface area contributed by atoms with Crippen molar-refractivity contribution >= 4 is 10.9 Å². The van der Waals surface area contributed by atoms with E-state index in [-0.39, 0.29) is 11.8 Å². The zero-order chi connectivity index (χ0) is 14.0. The minimum absolute atomic E-state index is 0.0198. The molecule has 0 amide bonds. The molecule has 0 saturated carbocycles. The molecule has 98 valence electrons. The van der Waals surface area contributed by atoms with Crippen LogP contribution in [0.25, 0.3) is 10.9 Å². The zero-order valence-electron chi connectivity index (χ0n) is 9.41. The number of alkyl halides is 3. The average Bonchev–Trinajstić information content (AvgIpc) is 2.28. The van der Waals surface area contributed by atoms with Crippen LogP contribution in [0.2, 0.25) is 0 Å². The molecule has 0 aliphatic carbocycles. The number of pyridine rings is 1. The van der Waals surface area contributed by atoms with Crippen molar-refractivity contribution in [1.82, 2.24) is 4.98 Å². The summed E-state index contributed by atoms with van der Waals surface area (Å²) in [4.78, 5) is 14.5. The first-order valence-electron chi connectivity index (χ1n) is 5.18. The summed E-state index contributed by atoms with van der Waals surface area (Å²) in [5.74, 6) is -0.460. The molecule has 0 spiro atoms. The molecule has 1 heterocycles. The average molecular weight is 268 g/mol. The molecule has 2 rings (SSSR count). The smallest absolute Gasteiger partial charge is 0.406 e. The van der Waals surface area contributed by atoms with Crippen LogP contribution in [0, 0.1) is 11.3 Å². The molecule has 0 atom stereocenters. The molecule has 2 aromatic rings. The number of aromatic amines is 1. The normalized spacial score (nSPS) is 11.3.